The highest BCUT2D eigenvalue weighted by Gasteiger charge is 2.01. The third-order valence-corrected chi connectivity index (χ3v) is 6.74. The molecule has 0 N–H and O–H groups in total. The first-order valence-electron chi connectivity index (χ1n) is 14.7. The highest BCUT2D eigenvalue weighted by molar-refractivity contribution is 5.70. The minimum atomic E-state index is -0.120. The van der Waals surface area contributed by atoms with Crippen molar-refractivity contribution in [3.8, 4) is 0 Å². The number of ether oxygens (including phenoxy) is 1. The molecule has 1 aromatic rings. The lowest BCUT2D eigenvalue weighted by molar-refractivity contribution is -0.138. The van der Waals surface area contributed by atoms with E-state index in [9.17, 15) is 4.79 Å². The summed E-state index contributed by atoms with van der Waals surface area (Å²) in [6.45, 7) is 2.29. The van der Waals surface area contributed by atoms with E-state index in [1.165, 1.54) is 128 Å². The van der Waals surface area contributed by atoms with Gasteiger partial charge in [0, 0.05) is 6.42 Å². The molecule has 2 nitrogen and oxygen atoms in total. The fraction of sp³-hybridized carbons (Fsp3) is 0.719. The molecule has 0 heterocycles. The summed E-state index contributed by atoms with van der Waals surface area (Å²) in [7, 11) is 0. The summed E-state index contributed by atoms with van der Waals surface area (Å²) < 4.78 is 5.17. The molecule has 0 saturated carbocycles. The van der Waals surface area contributed by atoms with Gasteiger partial charge in [0.2, 0.25) is 0 Å². The summed E-state index contributed by atoms with van der Waals surface area (Å²) in [6.07, 6.45) is 32.8. The van der Waals surface area contributed by atoms with Gasteiger partial charge in [-0.2, -0.15) is 0 Å². The highest BCUT2D eigenvalue weighted by atomic mass is 16.5. The lowest BCUT2D eigenvalue weighted by Gasteiger charge is -2.04. The number of esters is 1. The zero-order chi connectivity index (χ0) is 24.4. The molecule has 0 unspecified atom stereocenters. The van der Waals surface area contributed by atoms with Gasteiger partial charge >= 0.3 is 5.97 Å². The number of carbonyl (C=O) groups excluding carboxylic acids is 1. The molecule has 2 heteroatoms. The Morgan fingerprint density at radius 2 is 0.971 bits per heavy atom. The average Bonchev–Trinajstić information content (AvgIpc) is 2.85. The molecule has 0 spiro atoms. The molecule has 0 aliphatic rings. The molecule has 0 amide bonds. The molecular weight excluding hydrogens is 416 g/mol. The van der Waals surface area contributed by atoms with Crippen molar-refractivity contribution in [2.45, 2.75) is 148 Å². The number of unbranched alkanes of at least 4 members (excludes halogenated alkanes) is 20. The van der Waals surface area contributed by atoms with Crippen molar-refractivity contribution in [1.82, 2.24) is 0 Å². The van der Waals surface area contributed by atoms with Crippen LogP contribution in [0.2, 0.25) is 0 Å². The van der Waals surface area contributed by atoms with Crippen molar-refractivity contribution in [2.75, 3.05) is 0 Å². The fourth-order valence-electron chi connectivity index (χ4n) is 4.51. The van der Waals surface area contributed by atoms with Gasteiger partial charge in [-0.25, -0.2) is 0 Å². The Morgan fingerprint density at radius 1 is 0.588 bits per heavy atom. The molecule has 0 aliphatic heterocycles. The van der Waals surface area contributed by atoms with Gasteiger partial charge in [0.1, 0.15) is 0 Å². The van der Waals surface area contributed by atoms with E-state index >= 15 is 0 Å². The molecule has 194 valence electrons. The zero-order valence-corrected chi connectivity index (χ0v) is 22.4. The van der Waals surface area contributed by atoms with Crippen molar-refractivity contribution in [3.05, 3.63) is 42.2 Å². The van der Waals surface area contributed by atoms with E-state index in [0.717, 1.165) is 18.4 Å². The second-order valence-corrected chi connectivity index (χ2v) is 10.0. The van der Waals surface area contributed by atoms with Gasteiger partial charge in [-0.1, -0.05) is 166 Å². The molecule has 0 bridgehead atoms. The van der Waals surface area contributed by atoms with Crippen LogP contribution in [0.4, 0.5) is 0 Å². The van der Waals surface area contributed by atoms with Crippen LogP contribution in [0.3, 0.4) is 0 Å². The van der Waals surface area contributed by atoms with E-state index in [4.69, 9.17) is 4.74 Å². The maximum Gasteiger partial charge on any atom is 0.310 e. The third-order valence-electron chi connectivity index (χ3n) is 6.74. The van der Waals surface area contributed by atoms with Gasteiger partial charge in [0.15, 0.2) is 0 Å². The maximum absolute atomic E-state index is 11.8. The first-order valence-corrected chi connectivity index (χ1v) is 14.7. The summed E-state index contributed by atoms with van der Waals surface area (Å²) >= 11 is 0. The molecule has 0 aliphatic carbocycles. The van der Waals surface area contributed by atoms with Crippen LogP contribution in [-0.4, -0.2) is 5.97 Å². The summed E-state index contributed by atoms with van der Waals surface area (Å²) in [4.78, 5) is 11.8. The SMILES string of the molecule is CCCCCCCCCCCCCCCCCCCCCCCC(=O)OC=Cc1ccccc1. The van der Waals surface area contributed by atoms with Gasteiger partial charge in [0.25, 0.3) is 0 Å². The monoisotopic (exact) mass is 470 g/mol. The van der Waals surface area contributed by atoms with E-state index < -0.39 is 0 Å². The van der Waals surface area contributed by atoms with Crippen LogP contribution in [0, 0.1) is 0 Å². The Hall–Kier alpha value is -1.57. The van der Waals surface area contributed by atoms with E-state index in [2.05, 4.69) is 6.92 Å². The minimum absolute atomic E-state index is 0.120. The third kappa shape index (κ3) is 21.0. The molecule has 1 rings (SSSR count). The first kappa shape index (κ1) is 30.5. The Labute approximate surface area is 212 Å². The van der Waals surface area contributed by atoms with Crippen molar-refractivity contribution in [2.24, 2.45) is 0 Å². The molecule has 0 fully saturated rings. The number of carbonyl (C=O) groups is 1. The van der Waals surface area contributed by atoms with Gasteiger partial charge in [0.05, 0.1) is 6.26 Å². The van der Waals surface area contributed by atoms with Crippen molar-refractivity contribution in [1.29, 1.82) is 0 Å². The summed E-state index contributed by atoms with van der Waals surface area (Å²) in [5.41, 5.74) is 1.05. The number of hydrogen-bond donors (Lipinski definition) is 0. The maximum atomic E-state index is 11.8. The Balaban J connectivity index is 1.72. The lowest BCUT2D eigenvalue weighted by atomic mass is 10.0. The van der Waals surface area contributed by atoms with Gasteiger partial charge < -0.3 is 4.74 Å². The van der Waals surface area contributed by atoms with Crippen molar-refractivity contribution in [3.63, 3.8) is 0 Å². The standard InChI is InChI=1S/C32H54O2/c1-2-3-4-5-6-7-8-9-10-11-12-13-14-15-16-17-18-19-20-21-25-28-32(33)34-30-29-31-26-23-22-24-27-31/h22-24,26-27,29-30H,2-21,25,28H2,1H3. The van der Waals surface area contributed by atoms with E-state index in [-0.39, 0.29) is 5.97 Å². The minimum Gasteiger partial charge on any atom is -0.434 e. The summed E-state index contributed by atoms with van der Waals surface area (Å²) in [5, 5.41) is 0. The molecule has 0 radical (unpaired) electrons. The van der Waals surface area contributed by atoms with E-state index in [1.54, 1.807) is 0 Å². The van der Waals surface area contributed by atoms with Crippen LogP contribution in [0.25, 0.3) is 6.08 Å². The van der Waals surface area contributed by atoms with Gasteiger partial charge in [-0.05, 0) is 18.1 Å². The second-order valence-electron chi connectivity index (χ2n) is 10.0. The highest BCUT2D eigenvalue weighted by Crippen LogP contribution is 2.15. The predicted molar refractivity (Wildman–Crippen MR) is 149 cm³/mol. The number of benzene rings is 1. The summed E-state index contributed by atoms with van der Waals surface area (Å²) in [6, 6.07) is 9.90. The van der Waals surface area contributed by atoms with E-state index in [0.29, 0.717) is 6.42 Å². The Morgan fingerprint density at radius 3 is 1.38 bits per heavy atom. The lowest BCUT2D eigenvalue weighted by Crippen LogP contribution is -1.98. The topological polar surface area (TPSA) is 26.3 Å². The normalized spacial score (nSPS) is 11.3. The largest absolute Gasteiger partial charge is 0.434 e. The van der Waals surface area contributed by atoms with Crippen LogP contribution in [0.1, 0.15) is 154 Å². The van der Waals surface area contributed by atoms with Gasteiger partial charge in [-0.15, -0.1) is 0 Å². The zero-order valence-electron chi connectivity index (χ0n) is 22.4. The van der Waals surface area contributed by atoms with Crippen molar-refractivity contribution >= 4 is 12.0 Å². The smallest absolute Gasteiger partial charge is 0.310 e. The molecule has 34 heavy (non-hydrogen) atoms. The van der Waals surface area contributed by atoms with Crippen LogP contribution >= 0.6 is 0 Å². The predicted octanol–water partition coefficient (Wildman–Crippen LogP) is 10.8. The molecule has 1 aromatic carbocycles. The Bertz CT molecular complexity index is 578. The number of hydrogen-bond acceptors (Lipinski definition) is 2. The van der Waals surface area contributed by atoms with Crippen LogP contribution in [0.15, 0.2) is 36.6 Å². The molecular formula is C32H54O2. The molecule has 0 saturated heterocycles. The fourth-order valence-corrected chi connectivity index (χ4v) is 4.51. The average molecular weight is 471 g/mol. The van der Waals surface area contributed by atoms with Crippen LogP contribution in [0.5, 0.6) is 0 Å². The van der Waals surface area contributed by atoms with E-state index in [1.807, 2.05) is 36.4 Å². The molecule has 0 atom stereocenters. The molecule has 0 aromatic heterocycles. The first-order chi connectivity index (χ1) is 16.8. The van der Waals surface area contributed by atoms with Gasteiger partial charge in [-0.3, -0.25) is 4.79 Å². The van der Waals surface area contributed by atoms with Crippen molar-refractivity contribution < 1.29 is 9.53 Å². The summed E-state index contributed by atoms with van der Waals surface area (Å²) in [5.74, 6) is -0.120. The quantitative estimate of drug-likeness (QED) is 0.0853. The van der Waals surface area contributed by atoms with Crippen LogP contribution < -0.4 is 0 Å². The second kappa shape index (κ2) is 24.6. The Kier molecular flexibility index (Phi) is 22.0. The number of rotatable bonds is 24. The van der Waals surface area contributed by atoms with Crippen LogP contribution in [-0.2, 0) is 9.53 Å².